The van der Waals surface area contributed by atoms with Crippen molar-refractivity contribution in [1.29, 1.82) is 0 Å². The average molecular weight is 332 g/mol. The zero-order valence-electron chi connectivity index (χ0n) is 13.5. The number of carbonyl (C=O) groups is 2. The first kappa shape index (κ1) is 17.7. The monoisotopic (exact) mass is 332 g/mol. The molecule has 0 spiro atoms. The summed E-state index contributed by atoms with van der Waals surface area (Å²) in [6.07, 6.45) is 1.52. The first-order valence-electron chi connectivity index (χ1n) is 7.92. The van der Waals surface area contributed by atoms with Gasteiger partial charge in [-0.2, -0.15) is 0 Å². The molecule has 0 unspecified atom stereocenters. The van der Waals surface area contributed by atoms with Crippen LogP contribution in [0.4, 0.5) is 0 Å². The number of carbonyl (C=O) groups excluding carboxylic acids is 2. The van der Waals surface area contributed by atoms with Crippen LogP contribution in [-0.2, 0) is 22.6 Å². The number of nitrogens with two attached hydrogens (primary N) is 3. The van der Waals surface area contributed by atoms with E-state index in [0.717, 1.165) is 5.56 Å². The number of amides is 2. The molecule has 0 fully saturated rings. The molecule has 8 N–H and O–H groups in total. The number of aliphatic imine (C=N–C) groups is 1. The van der Waals surface area contributed by atoms with E-state index in [1.54, 1.807) is 0 Å². The number of nitrogens with one attached hydrogen (secondary N) is 2. The Bertz CT molecular complexity index is 627. The predicted molar refractivity (Wildman–Crippen MR) is 91.8 cm³/mol. The van der Waals surface area contributed by atoms with Crippen molar-refractivity contribution < 1.29 is 9.59 Å². The Morgan fingerprint density at radius 2 is 1.96 bits per heavy atom. The molecule has 2 amide bonds. The number of guanidine groups is 1. The van der Waals surface area contributed by atoms with E-state index >= 15 is 0 Å². The Balaban J connectivity index is 1.89. The summed E-state index contributed by atoms with van der Waals surface area (Å²) in [5, 5.41) is 5.90. The first-order valence-corrected chi connectivity index (χ1v) is 7.92. The smallest absolute Gasteiger partial charge is 0.240 e. The minimum atomic E-state index is -0.731. The van der Waals surface area contributed by atoms with Crippen LogP contribution in [0.25, 0.3) is 0 Å². The summed E-state index contributed by atoms with van der Waals surface area (Å²) >= 11 is 0. The second-order valence-corrected chi connectivity index (χ2v) is 5.82. The van der Waals surface area contributed by atoms with Crippen molar-refractivity contribution in [3.05, 3.63) is 35.4 Å². The third kappa shape index (κ3) is 4.95. The number of fused-ring (bicyclic) bond motifs is 1. The Kier molecular flexibility index (Phi) is 6.14. The molecular weight excluding hydrogens is 308 g/mol. The van der Waals surface area contributed by atoms with Crippen LogP contribution in [0.2, 0.25) is 0 Å². The molecule has 0 saturated heterocycles. The molecule has 1 aromatic rings. The molecular formula is C16H24N6O2. The Labute approximate surface area is 140 Å². The highest BCUT2D eigenvalue weighted by Gasteiger charge is 2.27. The van der Waals surface area contributed by atoms with E-state index in [-0.39, 0.29) is 17.9 Å². The summed E-state index contributed by atoms with van der Waals surface area (Å²) < 4.78 is 0. The maximum atomic E-state index is 12.4. The first-order chi connectivity index (χ1) is 11.5. The third-order valence-electron chi connectivity index (χ3n) is 4.00. The van der Waals surface area contributed by atoms with Gasteiger partial charge in [0, 0.05) is 13.1 Å². The summed E-state index contributed by atoms with van der Waals surface area (Å²) in [7, 11) is 0. The summed E-state index contributed by atoms with van der Waals surface area (Å²) in [6, 6.07) is 6.87. The van der Waals surface area contributed by atoms with Crippen LogP contribution in [0.15, 0.2) is 29.3 Å². The van der Waals surface area contributed by atoms with Crippen LogP contribution in [0.1, 0.15) is 24.0 Å². The minimum absolute atomic E-state index is 0.000249. The molecule has 0 saturated carbocycles. The van der Waals surface area contributed by atoms with Crippen molar-refractivity contribution >= 4 is 17.8 Å². The summed E-state index contributed by atoms with van der Waals surface area (Å²) in [6.45, 7) is 1.01. The highest BCUT2D eigenvalue weighted by Crippen LogP contribution is 2.16. The zero-order chi connectivity index (χ0) is 17.5. The standard InChI is InChI=1S/C16H24N6O2/c17-14(23)12(6-3-7-20-16(18)19)22-15(24)13-8-10-4-1-2-5-11(10)9-21-13/h1-2,4-5,12-13,21H,3,6-9H2,(H2,17,23)(H,22,24)(H4,18,19,20)/t12-,13-/m0/s1. The third-order valence-corrected chi connectivity index (χ3v) is 4.00. The van der Waals surface area contributed by atoms with Gasteiger partial charge in [0.15, 0.2) is 5.96 Å². The molecule has 0 bridgehead atoms. The second-order valence-electron chi connectivity index (χ2n) is 5.82. The molecule has 1 aliphatic rings. The molecule has 24 heavy (non-hydrogen) atoms. The van der Waals surface area contributed by atoms with Crippen LogP contribution in [0, 0.1) is 0 Å². The maximum Gasteiger partial charge on any atom is 0.240 e. The van der Waals surface area contributed by atoms with E-state index in [0.29, 0.717) is 32.4 Å². The fourth-order valence-corrected chi connectivity index (χ4v) is 2.70. The molecule has 8 heteroatoms. The molecule has 0 aromatic heterocycles. The van der Waals surface area contributed by atoms with Gasteiger partial charge in [-0.05, 0) is 30.4 Å². The number of primary amides is 1. The fourth-order valence-electron chi connectivity index (χ4n) is 2.70. The van der Waals surface area contributed by atoms with Crippen LogP contribution in [-0.4, -0.2) is 36.4 Å². The Hall–Kier alpha value is -2.61. The summed E-state index contributed by atoms with van der Waals surface area (Å²) in [4.78, 5) is 27.8. The molecule has 1 aromatic carbocycles. The van der Waals surface area contributed by atoms with Crippen LogP contribution < -0.4 is 27.8 Å². The average Bonchev–Trinajstić information content (AvgIpc) is 2.56. The van der Waals surface area contributed by atoms with Gasteiger partial charge in [0.05, 0.1) is 6.04 Å². The minimum Gasteiger partial charge on any atom is -0.370 e. The molecule has 1 heterocycles. The fraction of sp³-hybridized carbons (Fsp3) is 0.438. The number of rotatable bonds is 7. The quantitative estimate of drug-likeness (QED) is 0.240. The van der Waals surface area contributed by atoms with Gasteiger partial charge in [-0.25, -0.2) is 0 Å². The topological polar surface area (TPSA) is 149 Å². The van der Waals surface area contributed by atoms with Gasteiger partial charge in [0.2, 0.25) is 11.8 Å². The van der Waals surface area contributed by atoms with E-state index in [9.17, 15) is 9.59 Å². The van der Waals surface area contributed by atoms with E-state index in [2.05, 4.69) is 15.6 Å². The maximum absolute atomic E-state index is 12.4. The van der Waals surface area contributed by atoms with E-state index < -0.39 is 11.9 Å². The van der Waals surface area contributed by atoms with E-state index in [4.69, 9.17) is 17.2 Å². The van der Waals surface area contributed by atoms with Crippen molar-refractivity contribution in [2.24, 2.45) is 22.2 Å². The zero-order valence-corrected chi connectivity index (χ0v) is 13.5. The predicted octanol–water partition coefficient (Wildman–Crippen LogP) is -1.28. The van der Waals surface area contributed by atoms with Crippen molar-refractivity contribution in [3.8, 4) is 0 Å². The molecule has 0 radical (unpaired) electrons. The van der Waals surface area contributed by atoms with Gasteiger partial charge >= 0.3 is 0 Å². The lowest BCUT2D eigenvalue weighted by Crippen LogP contribution is -2.53. The molecule has 130 valence electrons. The number of hydrogen-bond donors (Lipinski definition) is 5. The van der Waals surface area contributed by atoms with Crippen molar-refractivity contribution in [1.82, 2.24) is 10.6 Å². The van der Waals surface area contributed by atoms with Crippen molar-refractivity contribution in [3.63, 3.8) is 0 Å². The number of benzene rings is 1. The highest BCUT2D eigenvalue weighted by molar-refractivity contribution is 5.89. The molecule has 0 aliphatic carbocycles. The molecule has 2 rings (SSSR count). The lowest BCUT2D eigenvalue weighted by Gasteiger charge is -2.26. The second kappa shape index (κ2) is 8.30. The lowest BCUT2D eigenvalue weighted by molar-refractivity contribution is -0.128. The van der Waals surface area contributed by atoms with Gasteiger partial charge in [-0.3, -0.25) is 14.6 Å². The van der Waals surface area contributed by atoms with Crippen molar-refractivity contribution in [2.45, 2.75) is 37.9 Å². The van der Waals surface area contributed by atoms with Crippen LogP contribution in [0.5, 0.6) is 0 Å². The lowest BCUT2D eigenvalue weighted by atomic mass is 9.95. The normalized spacial score (nSPS) is 17.4. The number of hydrogen-bond acceptors (Lipinski definition) is 4. The van der Waals surface area contributed by atoms with Crippen LogP contribution >= 0.6 is 0 Å². The highest BCUT2D eigenvalue weighted by atomic mass is 16.2. The summed E-state index contributed by atoms with van der Waals surface area (Å²) in [5.74, 6) is -0.792. The van der Waals surface area contributed by atoms with Gasteiger partial charge in [-0.15, -0.1) is 0 Å². The van der Waals surface area contributed by atoms with Gasteiger partial charge in [-0.1, -0.05) is 24.3 Å². The van der Waals surface area contributed by atoms with E-state index in [1.165, 1.54) is 5.56 Å². The summed E-state index contributed by atoms with van der Waals surface area (Å²) in [5.41, 5.74) is 18.2. The number of nitrogens with zero attached hydrogens (tertiary/aromatic N) is 1. The Morgan fingerprint density at radius 3 is 2.62 bits per heavy atom. The van der Waals surface area contributed by atoms with Gasteiger partial charge in [0.25, 0.3) is 0 Å². The largest absolute Gasteiger partial charge is 0.370 e. The van der Waals surface area contributed by atoms with Crippen LogP contribution in [0.3, 0.4) is 0 Å². The molecule has 8 nitrogen and oxygen atoms in total. The molecule has 1 aliphatic heterocycles. The van der Waals surface area contributed by atoms with Gasteiger partial charge < -0.3 is 27.8 Å². The molecule has 2 atom stereocenters. The van der Waals surface area contributed by atoms with Gasteiger partial charge in [0.1, 0.15) is 6.04 Å². The van der Waals surface area contributed by atoms with E-state index in [1.807, 2.05) is 24.3 Å². The Morgan fingerprint density at radius 1 is 1.25 bits per heavy atom. The SMILES string of the molecule is NC(=O)[C@H](CCCN=C(N)N)NC(=O)[C@@H]1Cc2ccccc2CN1. The van der Waals surface area contributed by atoms with Crippen molar-refractivity contribution in [2.75, 3.05) is 6.54 Å².